The molecular formula is C12H12O4. The lowest BCUT2D eigenvalue weighted by molar-refractivity contribution is -0.158. The van der Waals surface area contributed by atoms with E-state index in [0.717, 1.165) is 5.56 Å². The molecule has 0 saturated carbocycles. The number of benzene rings is 1. The van der Waals surface area contributed by atoms with E-state index in [2.05, 4.69) is 0 Å². The van der Waals surface area contributed by atoms with Gasteiger partial charge in [-0.15, -0.1) is 0 Å². The number of carbonyl (C=O) groups excluding carboxylic acids is 2. The Morgan fingerprint density at radius 1 is 1.31 bits per heavy atom. The minimum atomic E-state index is -0.509. The van der Waals surface area contributed by atoms with Crippen LogP contribution in [-0.2, 0) is 14.3 Å². The van der Waals surface area contributed by atoms with E-state index in [1.165, 1.54) is 0 Å². The Morgan fingerprint density at radius 3 is 2.75 bits per heavy atom. The van der Waals surface area contributed by atoms with Crippen molar-refractivity contribution in [2.24, 2.45) is 0 Å². The summed E-state index contributed by atoms with van der Waals surface area (Å²) in [5, 5.41) is 0. The Labute approximate surface area is 93.2 Å². The Balaban J connectivity index is 2.29. The standard InChI is InChI=1S/C12H12O4/c1-15-10-5-3-2-4-9(10)11-6-8(13)7-12(14)16-11/h2-5,11H,6-7H2,1H3. The maximum absolute atomic E-state index is 11.3. The number of cyclic esters (lactones) is 1. The molecule has 1 atom stereocenters. The third-order valence-corrected chi connectivity index (χ3v) is 2.51. The second kappa shape index (κ2) is 4.35. The number of hydrogen-bond donors (Lipinski definition) is 0. The van der Waals surface area contributed by atoms with E-state index in [9.17, 15) is 9.59 Å². The molecule has 1 unspecified atom stereocenters. The van der Waals surface area contributed by atoms with Crippen molar-refractivity contribution in [3.05, 3.63) is 29.8 Å². The number of Topliss-reactive ketones (excluding diaryl/α,β-unsaturated/α-hetero) is 1. The molecule has 1 saturated heterocycles. The maximum Gasteiger partial charge on any atom is 0.313 e. The fourth-order valence-electron chi connectivity index (χ4n) is 1.79. The zero-order valence-electron chi connectivity index (χ0n) is 8.93. The van der Waals surface area contributed by atoms with Gasteiger partial charge in [0.1, 0.15) is 24.1 Å². The van der Waals surface area contributed by atoms with Gasteiger partial charge in [0.15, 0.2) is 0 Å². The second-order valence-electron chi connectivity index (χ2n) is 3.64. The van der Waals surface area contributed by atoms with Gasteiger partial charge >= 0.3 is 5.97 Å². The van der Waals surface area contributed by atoms with Gasteiger partial charge in [-0.2, -0.15) is 0 Å². The number of ether oxygens (including phenoxy) is 2. The Bertz CT molecular complexity index is 409. The predicted octanol–water partition coefficient (Wildman–Crippen LogP) is 1.64. The van der Waals surface area contributed by atoms with Gasteiger partial charge in [-0.1, -0.05) is 18.2 Å². The second-order valence-corrected chi connectivity index (χ2v) is 3.64. The third kappa shape index (κ3) is 2.05. The van der Waals surface area contributed by atoms with Crippen molar-refractivity contribution < 1.29 is 19.1 Å². The van der Waals surface area contributed by atoms with Gasteiger partial charge in [0, 0.05) is 12.0 Å². The predicted molar refractivity (Wildman–Crippen MR) is 56.1 cm³/mol. The van der Waals surface area contributed by atoms with E-state index in [1.807, 2.05) is 12.1 Å². The highest BCUT2D eigenvalue weighted by Gasteiger charge is 2.29. The SMILES string of the molecule is COc1ccccc1C1CC(=O)CC(=O)O1. The summed E-state index contributed by atoms with van der Waals surface area (Å²) in [6.07, 6.45) is -0.400. The van der Waals surface area contributed by atoms with Crippen molar-refractivity contribution in [3.63, 3.8) is 0 Å². The number of carbonyl (C=O) groups is 2. The van der Waals surface area contributed by atoms with Crippen LogP contribution < -0.4 is 4.74 Å². The molecule has 2 rings (SSSR count). The van der Waals surface area contributed by atoms with Gasteiger partial charge in [-0.05, 0) is 6.07 Å². The van der Waals surface area contributed by atoms with Crippen LogP contribution in [0.3, 0.4) is 0 Å². The highest BCUT2D eigenvalue weighted by molar-refractivity contribution is 5.97. The molecule has 0 spiro atoms. The molecule has 1 aromatic carbocycles. The van der Waals surface area contributed by atoms with E-state index in [-0.39, 0.29) is 18.6 Å². The molecule has 0 aliphatic carbocycles. The zero-order chi connectivity index (χ0) is 11.5. The Kier molecular flexibility index (Phi) is 2.90. The average Bonchev–Trinajstić information content (AvgIpc) is 2.27. The molecule has 4 heteroatoms. The molecule has 0 radical (unpaired) electrons. The van der Waals surface area contributed by atoms with Crippen LogP contribution in [0.2, 0.25) is 0 Å². The number of rotatable bonds is 2. The summed E-state index contributed by atoms with van der Waals surface area (Å²) < 4.78 is 10.3. The van der Waals surface area contributed by atoms with Gasteiger partial charge in [0.25, 0.3) is 0 Å². The molecule has 1 aliphatic rings. The van der Waals surface area contributed by atoms with Gasteiger partial charge in [-0.3, -0.25) is 9.59 Å². The van der Waals surface area contributed by atoms with Crippen LogP contribution >= 0.6 is 0 Å². The van der Waals surface area contributed by atoms with Crippen LogP contribution in [0.5, 0.6) is 5.75 Å². The molecule has 0 amide bonds. The Hall–Kier alpha value is -1.84. The van der Waals surface area contributed by atoms with Crippen LogP contribution in [0.25, 0.3) is 0 Å². The highest BCUT2D eigenvalue weighted by Crippen LogP contribution is 2.32. The van der Waals surface area contributed by atoms with Gasteiger partial charge in [0.05, 0.1) is 7.11 Å². The average molecular weight is 220 g/mol. The molecule has 4 nitrogen and oxygen atoms in total. The summed E-state index contributed by atoms with van der Waals surface area (Å²) in [6, 6.07) is 7.23. The topological polar surface area (TPSA) is 52.6 Å². The van der Waals surface area contributed by atoms with Crippen molar-refractivity contribution in [3.8, 4) is 5.75 Å². The van der Waals surface area contributed by atoms with Gasteiger partial charge in [-0.25, -0.2) is 0 Å². The van der Waals surface area contributed by atoms with E-state index in [1.54, 1.807) is 19.2 Å². The molecule has 1 aliphatic heterocycles. The number of para-hydroxylation sites is 1. The van der Waals surface area contributed by atoms with Crippen LogP contribution in [0, 0.1) is 0 Å². The summed E-state index contributed by atoms with van der Waals surface area (Å²) in [7, 11) is 1.55. The fourth-order valence-corrected chi connectivity index (χ4v) is 1.79. The van der Waals surface area contributed by atoms with Crippen molar-refractivity contribution in [2.75, 3.05) is 7.11 Å². The molecule has 1 aromatic rings. The van der Waals surface area contributed by atoms with Crippen molar-refractivity contribution in [1.29, 1.82) is 0 Å². The smallest absolute Gasteiger partial charge is 0.313 e. The quantitative estimate of drug-likeness (QED) is 0.561. The first kappa shape index (κ1) is 10.7. The molecule has 84 valence electrons. The van der Waals surface area contributed by atoms with E-state index < -0.39 is 12.1 Å². The minimum Gasteiger partial charge on any atom is -0.496 e. The van der Waals surface area contributed by atoms with Crippen LogP contribution in [0.4, 0.5) is 0 Å². The summed E-state index contributed by atoms with van der Waals surface area (Å²) in [4.78, 5) is 22.5. The summed E-state index contributed by atoms with van der Waals surface area (Å²) in [5.41, 5.74) is 0.742. The summed E-state index contributed by atoms with van der Waals surface area (Å²) >= 11 is 0. The number of esters is 1. The monoisotopic (exact) mass is 220 g/mol. The fraction of sp³-hybridized carbons (Fsp3) is 0.333. The lowest BCUT2D eigenvalue weighted by atomic mass is 9.99. The molecular weight excluding hydrogens is 208 g/mol. The van der Waals surface area contributed by atoms with Crippen molar-refractivity contribution >= 4 is 11.8 Å². The van der Waals surface area contributed by atoms with Gasteiger partial charge < -0.3 is 9.47 Å². The van der Waals surface area contributed by atoms with E-state index in [4.69, 9.17) is 9.47 Å². The zero-order valence-corrected chi connectivity index (χ0v) is 8.93. The molecule has 1 heterocycles. The summed E-state index contributed by atoms with van der Waals surface area (Å²) in [6.45, 7) is 0. The first-order valence-corrected chi connectivity index (χ1v) is 5.05. The maximum atomic E-state index is 11.3. The highest BCUT2D eigenvalue weighted by atomic mass is 16.5. The first-order valence-electron chi connectivity index (χ1n) is 5.05. The van der Waals surface area contributed by atoms with Crippen LogP contribution in [0.15, 0.2) is 24.3 Å². The van der Waals surface area contributed by atoms with Crippen LogP contribution in [0.1, 0.15) is 24.5 Å². The lowest BCUT2D eigenvalue weighted by Crippen LogP contribution is -2.24. The third-order valence-electron chi connectivity index (χ3n) is 2.51. The number of methoxy groups -OCH3 is 1. The normalized spacial score (nSPS) is 20.4. The van der Waals surface area contributed by atoms with Gasteiger partial charge in [0.2, 0.25) is 0 Å². The molecule has 1 fully saturated rings. The molecule has 0 N–H and O–H groups in total. The van der Waals surface area contributed by atoms with Crippen molar-refractivity contribution in [2.45, 2.75) is 18.9 Å². The molecule has 0 aromatic heterocycles. The van der Waals surface area contributed by atoms with E-state index >= 15 is 0 Å². The lowest BCUT2D eigenvalue weighted by Gasteiger charge is -2.23. The number of hydrogen-bond acceptors (Lipinski definition) is 4. The largest absolute Gasteiger partial charge is 0.496 e. The Morgan fingerprint density at radius 2 is 2.06 bits per heavy atom. The summed E-state index contributed by atoms with van der Waals surface area (Å²) in [5.74, 6) is 0.0781. The number of ketones is 1. The first-order chi connectivity index (χ1) is 7.70. The molecule has 0 bridgehead atoms. The van der Waals surface area contributed by atoms with Crippen LogP contribution in [-0.4, -0.2) is 18.9 Å². The van der Waals surface area contributed by atoms with E-state index in [0.29, 0.717) is 5.75 Å². The molecule has 16 heavy (non-hydrogen) atoms. The minimum absolute atomic E-state index is 0.0906. The van der Waals surface area contributed by atoms with Crippen molar-refractivity contribution in [1.82, 2.24) is 0 Å².